The number of anilines is 1. The smallest absolute Gasteiger partial charge is 0.350 e. The molecule has 2 aromatic heterocycles. The van der Waals surface area contributed by atoms with Gasteiger partial charge in [-0.05, 0) is 31.2 Å². The lowest BCUT2D eigenvalue weighted by Crippen LogP contribution is -2.61. The molecule has 53 heavy (non-hydrogen) atoms. The van der Waals surface area contributed by atoms with E-state index in [1.165, 1.54) is 25.6 Å². The minimum atomic E-state index is -1.79. The first-order chi connectivity index (χ1) is 25.1. The lowest BCUT2D eigenvalue weighted by molar-refractivity contribution is -0.911. The van der Waals surface area contributed by atoms with Gasteiger partial charge in [0.1, 0.15) is 16.6 Å². The molecule has 1 aromatic carbocycles. The van der Waals surface area contributed by atoms with Crippen molar-refractivity contribution < 1.29 is 48.2 Å². The summed E-state index contributed by atoms with van der Waals surface area (Å²) >= 11 is 8.66. The number of aromatic amines is 1. The van der Waals surface area contributed by atoms with Crippen molar-refractivity contribution >= 4 is 74.8 Å². The number of thioether (sulfide) groups is 1. The molecule has 3 aliphatic heterocycles. The Kier molecular flexibility index (Phi) is 10.6. The third kappa shape index (κ3) is 7.64. The molecule has 0 saturated carbocycles. The largest absolute Gasteiger partial charge is 0.504 e. The Morgan fingerprint density at radius 3 is 2.62 bits per heavy atom. The highest BCUT2D eigenvalue weighted by Crippen LogP contribution is 2.48. The van der Waals surface area contributed by atoms with E-state index in [1.807, 2.05) is 0 Å². The van der Waals surface area contributed by atoms with Crippen molar-refractivity contribution in [1.82, 2.24) is 35.8 Å². The van der Waals surface area contributed by atoms with E-state index in [1.54, 1.807) is 4.90 Å². The number of likely N-dealkylation sites (tertiary alicyclic amines) is 1. The summed E-state index contributed by atoms with van der Waals surface area (Å²) in [5.74, 6) is -5.87. The van der Waals surface area contributed by atoms with E-state index in [9.17, 15) is 38.9 Å². The Morgan fingerprint density at radius 1 is 1.26 bits per heavy atom. The number of nitrogens with one attached hydrogen (secondary N) is 2. The van der Waals surface area contributed by atoms with Gasteiger partial charge in [0, 0.05) is 36.2 Å². The second kappa shape index (κ2) is 14.9. The fourth-order valence-corrected chi connectivity index (χ4v) is 8.83. The topological polar surface area (TPSA) is 259 Å². The number of ketones is 1. The van der Waals surface area contributed by atoms with Gasteiger partial charge in [0.15, 0.2) is 33.9 Å². The van der Waals surface area contributed by atoms with Crippen molar-refractivity contribution in [2.24, 2.45) is 11.1 Å². The van der Waals surface area contributed by atoms with Gasteiger partial charge in [-0.25, -0.2) is 14.2 Å². The number of thiazole rings is 1. The number of nitrogens with two attached hydrogens (primary N) is 1. The molecule has 5 heterocycles. The molecule has 0 bridgehead atoms. The zero-order valence-electron chi connectivity index (χ0n) is 28.3. The predicted octanol–water partition coefficient (Wildman–Crippen LogP) is 1.97. The number of quaternary nitrogens is 1. The van der Waals surface area contributed by atoms with Crippen LogP contribution in [0.2, 0.25) is 4.34 Å². The van der Waals surface area contributed by atoms with Crippen LogP contribution < -0.4 is 11.1 Å². The SMILES string of the molecule is CC(C)(O/N=C(\C(=O)C[C@@H]1C(=O)N2C(c3nn[nH]n3)=C(C[N+]3(CCNC(=O)c4cc(O)c(O)c(F)c4)CCCC3)CS[C@H]12)c1nc(N)sc1Cl)C(=O)O. The number of aromatic hydroxyl groups is 2. The van der Waals surface area contributed by atoms with Gasteiger partial charge in [-0.3, -0.25) is 19.3 Å². The Morgan fingerprint density at radius 2 is 2.00 bits per heavy atom. The molecule has 3 aromatic rings. The van der Waals surface area contributed by atoms with Crippen LogP contribution in [0, 0.1) is 11.7 Å². The number of phenolic OH excluding ortho intramolecular Hbond substituents is 2. The third-order valence-corrected chi connectivity index (χ3v) is 11.8. The molecule has 2 atom stereocenters. The number of hydrogen-bond donors (Lipinski definition) is 6. The quantitative estimate of drug-likeness (QED) is 0.0449. The second-order valence-corrected chi connectivity index (χ2v) is 16.0. The Labute approximate surface area is 313 Å². The lowest BCUT2D eigenvalue weighted by Gasteiger charge is -2.50. The number of amides is 2. The van der Waals surface area contributed by atoms with Gasteiger partial charge >= 0.3 is 5.97 Å². The van der Waals surface area contributed by atoms with Gasteiger partial charge in [0.25, 0.3) is 5.91 Å². The fraction of sp³-hybridized carbons (Fsp3) is 0.452. The maximum atomic E-state index is 13.9. The average Bonchev–Trinajstić information content (AvgIpc) is 3.88. The first kappa shape index (κ1) is 37.9. The van der Waals surface area contributed by atoms with Gasteiger partial charge < -0.3 is 35.7 Å². The molecule has 0 spiro atoms. The van der Waals surface area contributed by atoms with Gasteiger partial charge in [-0.15, -0.1) is 22.0 Å². The summed E-state index contributed by atoms with van der Waals surface area (Å²) in [7, 11) is 0. The Bertz CT molecular complexity index is 1990. The maximum Gasteiger partial charge on any atom is 0.350 e. The number of halogens is 2. The molecule has 0 unspecified atom stereocenters. The molecule has 6 rings (SSSR count). The standard InChI is InChI=1S/C31H34ClFN10O8S2/c1-31(2,29(49)50)51-39-20(21-24(32)53-30(34)36-21)18(44)11-16-27(48)42-22(25-37-40-41-38-25)15(13-52-28(16)42)12-43(6-3-4-7-43)8-5-35-26(47)14-9-17(33)23(46)19(45)10-14/h9-10,16,28H,3-8,11-13H2,1-2H3,(H6-,34,35,36,37,38,39,40,41,44,45,46,47,49,50)/p+1/t16-,28-/m1/s1. The van der Waals surface area contributed by atoms with Crippen molar-refractivity contribution in [3.8, 4) is 11.5 Å². The minimum absolute atomic E-state index is 0.0407. The number of phenols is 2. The molecule has 0 radical (unpaired) electrons. The molecular weight excluding hydrogens is 759 g/mol. The summed E-state index contributed by atoms with van der Waals surface area (Å²) in [4.78, 5) is 62.9. The molecule has 0 aliphatic carbocycles. The van der Waals surface area contributed by atoms with Crippen molar-refractivity contribution in [1.29, 1.82) is 0 Å². The maximum absolute atomic E-state index is 13.9. The molecular formula is C31H35ClFN10O8S2+. The number of carbonyl (C=O) groups is 4. The molecule has 2 fully saturated rings. The molecule has 282 valence electrons. The Balaban J connectivity index is 1.20. The number of β-lactam (4-membered cyclic amide) rings is 1. The van der Waals surface area contributed by atoms with E-state index in [0.29, 0.717) is 29.0 Å². The molecule has 3 aliphatic rings. The number of nitrogen functional groups attached to an aromatic ring is 1. The van der Waals surface area contributed by atoms with Gasteiger partial charge in [0.05, 0.1) is 43.2 Å². The van der Waals surface area contributed by atoms with Gasteiger partial charge in [-0.1, -0.05) is 28.1 Å². The summed E-state index contributed by atoms with van der Waals surface area (Å²) in [6.45, 7) is 5.32. The van der Waals surface area contributed by atoms with Crippen molar-refractivity contribution in [3.05, 3.63) is 44.9 Å². The summed E-state index contributed by atoms with van der Waals surface area (Å²) in [5.41, 5.74) is 4.78. The number of carbonyl (C=O) groups excluding carboxylic acids is 3. The normalized spacial score (nSPS) is 19.9. The summed E-state index contributed by atoms with van der Waals surface area (Å²) in [6.07, 6.45) is 1.56. The molecule has 2 amide bonds. The highest BCUT2D eigenvalue weighted by atomic mass is 35.5. The lowest BCUT2D eigenvalue weighted by atomic mass is 9.89. The zero-order valence-corrected chi connectivity index (χ0v) is 30.7. The fourth-order valence-electron chi connectivity index (χ4n) is 6.49. The molecule has 18 nitrogen and oxygen atoms in total. The number of rotatable bonds is 14. The van der Waals surface area contributed by atoms with Crippen LogP contribution in [0.5, 0.6) is 11.5 Å². The summed E-state index contributed by atoms with van der Waals surface area (Å²) < 4.78 is 14.6. The first-order valence-corrected chi connectivity index (χ1v) is 18.6. The minimum Gasteiger partial charge on any atom is -0.504 e. The van der Waals surface area contributed by atoms with E-state index in [0.717, 1.165) is 55.0 Å². The number of nitrogens with zero attached hydrogens (tertiary/aromatic N) is 7. The number of benzene rings is 1. The predicted molar refractivity (Wildman–Crippen MR) is 189 cm³/mol. The number of oxime groups is 1. The highest BCUT2D eigenvalue weighted by molar-refractivity contribution is 8.00. The van der Waals surface area contributed by atoms with Crippen LogP contribution >= 0.6 is 34.7 Å². The number of fused-ring (bicyclic) bond motifs is 1. The van der Waals surface area contributed by atoms with E-state index < -0.39 is 51.9 Å². The number of hydrogen-bond acceptors (Lipinski definition) is 15. The number of aliphatic carboxylic acids is 1. The summed E-state index contributed by atoms with van der Waals surface area (Å²) in [5, 5.41) is 49.4. The van der Waals surface area contributed by atoms with E-state index >= 15 is 0 Å². The van der Waals surface area contributed by atoms with Crippen LogP contribution in [0.25, 0.3) is 5.70 Å². The highest BCUT2D eigenvalue weighted by Gasteiger charge is 2.54. The van der Waals surface area contributed by atoms with Crippen LogP contribution in [-0.4, -0.2) is 129 Å². The van der Waals surface area contributed by atoms with Gasteiger partial charge in [0.2, 0.25) is 17.3 Å². The average molecular weight is 794 g/mol. The monoisotopic (exact) mass is 793 g/mol. The van der Waals surface area contributed by atoms with Crippen molar-refractivity contribution in [3.63, 3.8) is 0 Å². The third-order valence-electron chi connectivity index (χ3n) is 9.31. The summed E-state index contributed by atoms with van der Waals surface area (Å²) in [6, 6.07) is 1.83. The van der Waals surface area contributed by atoms with Crippen LogP contribution in [0.15, 0.2) is 22.9 Å². The first-order valence-electron chi connectivity index (χ1n) is 16.3. The molecule has 22 heteroatoms. The van der Waals surface area contributed by atoms with E-state index in [-0.39, 0.29) is 51.1 Å². The van der Waals surface area contributed by atoms with Crippen molar-refractivity contribution in [2.75, 3.05) is 44.2 Å². The Hall–Kier alpha value is -4.86. The number of Topliss-reactive ketones (excluding diaryl/α,β-unsaturated/α-hetero) is 1. The molecule has 7 N–H and O–H groups in total. The number of aromatic nitrogens is 5. The van der Waals surface area contributed by atoms with E-state index in [2.05, 4.69) is 36.1 Å². The number of tetrazole rings is 1. The molecule has 2 saturated heterocycles. The second-order valence-electron chi connectivity index (χ2n) is 13.3. The van der Waals surface area contributed by atoms with Crippen LogP contribution in [0.3, 0.4) is 0 Å². The number of carboxylic acids is 1. The number of carboxylic acid groups (broad SMARTS) is 1. The van der Waals surface area contributed by atoms with Crippen LogP contribution in [0.4, 0.5) is 9.52 Å². The van der Waals surface area contributed by atoms with Gasteiger partial charge in [-0.2, -0.15) is 5.21 Å². The van der Waals surface area contributed by atoms with Crippen LogP contribution in [-0.2, 0) is 19.2 Å². The van der Waals surface area contributed by atoms with Crippen molar-refractivity contribution in [2.45, 2.75) is 44.1 Å². The van der Waals surface area contributed by atoms with E-state index in [4.69, 9.17) is 22.2 Å². The number of H-pyrrole nitrogens is 1. The zero-order chi connectivity index (χ0) is 38.2. The van der Waals surface area contributed by atoms with Crippen LogP contribution in [0.1, 0.15) is 55.0 Å².